The van der Waals surface area contributed by atoms with E-state index in [1.54, 1.807) is 7.05 Å². The smallest absolute Gasteiger partial charge is 0.416 e. The molecule has 0 bridgehead atoms. The maximum Gasteiger partial charge on any atom is 0.416 e. The van der Waals surface area contributed by atoms with Gasteiger partial charge in [-0.25, -0.2) is 5.01 Å². The Labute approximate surface area is 174 Å². The largest absolute Gasteiger partial charge is 0.508 e. The summed E-state index contributed by atoms with van der Waals surface area (Å²) in [5.41, 5.74) is 0.361. The summed E-state index contributed by atoms with van der Waals surface area (Å²) in [5.74, 6) is -0.985. The van der Waals surface area contributed by atoms with Crippen molar-refractivity contribution in [3.63, 3.8) is 0 Å². The number of piperazine rings is 1. The predicted octanol–water partition coefficient (Wildman–Crippen LogP) is 2.44. The van der Waals surface area contributed by atoms with Crippen LogP contribution in [0, 0.1) is 0 Å². The standard InChI is InChI=1S/C20H28F3N5O2/c1-5-16(24-2)18(27-10-8-26(4)9-11-27)19(30)28(25-3)13-14-6-7-15(12-17(14)29)20(21,22)23/h6-7,12,24,29H,3,5,8-11,13H2,1-2,4H3/b18-16+. The van der Waals surface area contributed by atoms with Gasteiger partial charge >= 0.3 is 6.18 Å². The molecule has 1 heterocycles. The number of hydrazone groups is 1. The molecule has 30 heavy (non-hydrogen) atoms. The van der Waals surface area contributed by atoms with Gasteiger partial charge in [-0.2, -0.15) is 18.3 Å². The molecule has 1 fully saturated rings. The number of alkyl halides is 3. The summed E-state index contributed by atoms with van der Waals surface area (Å²) >= 11 is 0. The van der Waals surface area contributed by atoms with E-state index in [-0.39, 0.29) is 12.1 Å². The molecule has 0 spiro atoms. The number of carbonyl (C=O) groups excluding carboxylic acids is 1. The highest BCUT2D eigenvalue weighted by Crippen LogP contribution is 2.33. The third-order valence-electron chi connectivity index (χ3n) is 5.10. The lowest BCUT2D eigenvalue weighted by Crippen LogP contribution is -2.48. The van der Waals surface area contributed by atoms with Gasteiger partial charge in [-0.05, 0) is 25.6 Å². The van der Waals surface area contributed by atoms with E-state index in [0.29, 0.717) is 31.3 Å². The minimum absolute atomic E-state index is 0.143. The van der Waals surface area contributed by atoms with Crippen molar-refractivity contribution in [3.8, 4) is 5.75 Å². The topological polar surface area (TPSA) is 71.4 Å². The summed E-state index contributed by atoms with van der Waals surface area (Å²) in [6, 6.07) is 2.65. The number of hydrogen-bond acceptors (Lipinski definition) is 6. The van der Waals surface area contributed by atoms with E-state index in [1.807, 2.05) is 18.9 Å². The SMILES string of the molecule is C=NN(Cc1ccc(C(F)(F)F)cc1O)C(=O)/C(=C(/CC)NC)N1CCN(C)CC1. The summed E-state index contributed by atoms with van der Waals surface area (Å²) in [4.78, 5) is 17.5. The number of nitrogens with one attached hydrogen (secondary N) is 1. The molecule has 1 aromatic carbocycles. The van der Waals surface area contributed by atoms with E-state index < -0.39 is 23.4 Å². The van der Waals surface area contributed by atoms with Crippen LogP contribution in [0.25, 0.3) is 0 Å². The zero-order chi connectivity index (χ0) is 22.5. The molecule has 1 amide bonds. The first-order valence-corrected chi connectivity index (χ1v) is 9.64. The van der Waals surface area contributed by atoms with Crippen LogP contribution in [0.2, 0.25) is 0 Å². The molecular formula is C20H28F3N5O2. The second-order valence-corrected chi connectivity index (χ2v) is 7.07. The quantitative estimate of drug-likeness (QED) is 0.397. The van der Waals surface area contributed by atoms with Crippen molar-refractivity contribution in [2.75, 3.05) is 40.3 Å². The number of benzene rings is 1. The molecule has 0 atom stereocenters. The van der Waals surface area contributed by atoms with E-state index in [1.165, 1.54) is 0 Å². The highest BCUT2D eigenvalue weighted by atomic mass is 19.4. The Bertz CT molecular complexity index is 796. The first-order valence-electron chi connectivity index (χ1n) is 9.64. The van der Waals surface area contributed by atoms with Crippen molar-refractivity contribution in [3.05, 3.63) is 40.7 Å². The van der Waals surface area contributed by atoms with Gasteiger partial charge in [0.1, 0.15) is 11.4 Å². The van der Waals surface area contributed by atoms with Gasteiger partial charge in [-0.15, -0.1) is 0 Å². The molecule has 1 aliphatic heterocycles. The molecule has 0 unspecified atom stereocenters. The first kappa shape index (κ1) is 23.5. The number of aromatic hydroxyl groups is 1. The molecule has 1 aliphatic rings. The van der Waals surface area contributed by atoms with Crippen molar-refractivity contribution in [1.29, 1.82) is 0 Å². The van der Waals surface area contributed by atoms with Gasteiger partial charge in [0.05, 0.1) is 12.1 Å². The number of rotatable bonds is 7. The lowest BCUT2D eigenvalue weighted by molar-refractivity contribution is -0.137. The minimum atomic E-state index is -4.57. The number of phenols is 1. The third-order valence-corrected chi connectivity index (χ3v) is 5.10. The van der Waals surface area contributed by atoms with Gasteiger partial charge in [0.15, 0.2) is 0 Å². The van der Waals surface area contributed by atoms with Crippen molar-refractivity contribution in [2.24, 2.45) is 5.10 Å². The van der Waals surface area contributed by atoms with Crippen molar-refractivity contribution in [1.82, 2.24) is 20.1 Å². The van der Waals surface area contributed by atoms with E-state index in [9.17, 15) is 23.1 Å². The minimum Gasteiger partial charge on any atom is -0.508 e. The van der Waals surface area contributed by atoms with Crippen molar-refractivity contribution >= 4 is 12.6 Å². The predicted molar refractivity (Wildman–Crippen MR) is 109 cm³/mol. The van der Waals surface area contributed by atoms with Crippen LogP contribution in [0.4, 0.5) is 13.2 Å². The van der Waals surface area contributed by atoms with E-state index >= 15 is 0 Å². The van der Waals surface area contributed by atoms with Gasteiger partial charge in [0.25, 0.3) is 5.91 Å². The van der Waals surface area contributed by atoms with Gasteiger partial charge in [-0.1, -0.05) is 13.0 Å². The molecule has 0 radical (unpaired) electrons. The third kappa shape index (κ3) is 5.44. The van der Waals surface area contributed by atoms with Crippen LogP contribution in [-0.4, -0.2) is 72.8 Å². The summed E-state index contributed by atoms with van der Waals surface area (Å²) in [6.07, 6.45) is -3.98. The lowest BCUT2D eigenvalue weighted by Gasteiger charge is -2.37. The number of phenolic OH excluding ortho intramolecular Hbond substituents is 1. The van der Waals surface area contributed by atoms with Gasteiger partial charge in [-0.3, -0.25) is 4.79 Å². The number of nitrogens with zero attached hydrogens (tertiary/aromatic N) is 4. The van der Waals surface area contributed by atoms with Crippen molar-refractivity contribution < 1.29 is 23.1 Å². The second kappa shape index (κ2) is 9.84. The van der Waals surface area contributed by atoms with Crippen LogP contribution in [0.5, 0.6) is 5.75 Å². The fourth-order valence-electron chi connectivity index (χ4n) is 3.29. The Morgan fingerprint density at radius 1 is 1.30 bits per heavy atom. The van der Waals surface area contributed by atoms with E-state index in [2.05, 4.69) is 22.0 Å². The fourth-order valence-corrected chi connectivity index (χ4v) is 3.29. The number of amides is 1. The van der Waals surface area contributed by atoms with Gasteiger partial charge in [0, 0.05) is 51.2 Å². The van der Waals surface area contributed by atoms with Crippen LogP contribution >= 0.6 is 0 Å². The molecule has 0 aliphatic carbocycles. The van der Waals surface area contributed by atoms with E-state index in [4.69, 9.17) is 0 Å². The zero-order valence-electron chi connectivity index (χ0n) is 17.5. The molecule has 0 saturated carbocycles. The molecular weight excluding hydrogens is 399 g/mol. The average molecular weight is 427 g/mol. The lowest BCUT2D eigenvalue weighted by atomic mass is 10.1. The van der Waals surface area contributed by atoms with E-state index in [0.717, 1.165) is 35.9 Å². The highest BCUT2D eigenvalue weighted by molar-refractivity contribution is 5.93. The Morgan fingerprint density at radius 2 is 1.93 bits per heavy atom. The monoisotopic (exact) mass is 427 g/mol. The molecule has 1 aromatic rings. The van der Waals surface area contributed by atoms with Gasteiger partial charge in [0.2, 0.25) is 0 Å². The molecule has 7 nitrogen and oxygen atoms in total. The van der Waals surface area contributed by atoms with Crippen molar-refractivity contribution in [2.45, 2.75) is 26.1 Å². The molecule has 10 heteroatoms. The highest BCUT2D eigenvalue weighted by Gasteiger charge is 2.32. The molecule has 1 saturated heterocycles. The number of likely N-dealkylation sites (N-methyl/N-ethyl adjacent to an activating group) is 1. The fraction of sp³-hybridized carbons (Fsp3) is 0.500. The Morgan fingerprint density at radius 3 is 2.40 bits per heavy atom. The van der Waals surface area contributed by atoms with Crippen LogP contribution in [0.15, 0.2) is 34.7 Å². The second-order valence-electron chi connectivity index (χ2n) is 7.07. The molecule has 2 rings (SSSR count). The Hall–Kier alpha value is -2.75. The van der Waals surface area contributed by atoms with Gasteiger partial charge < -0.3 is 20.2 Å². The Balaban J connectivity index is 2.32. The normalized spacial score (nSPS) is 16.1. The number of hydrogen-bond donors (Lipinski definition) is 2. The number of carbonyl (C=O) groups is 1. The maximum atomic E-state index is 13.3. The Kier molecular flexibility index (Phi) is 7.71. The van der Waals surface area contributed by atoms with Crippen LogP contribution in [-0.2, 0) is 17.5 Å². The summed E-state index contributed by atoms with van der Waals surface area (Å²) in [7, 11) is 3.74. The molecule has 166 valence electrons. The maximum absolute atomic E-state index is 13.3. The van der Waals surface area contributed by atoms with Crippen LogP contribution in [0.3, 0.4) is 0 Å². The zero-order valence-corrected chi connectivity index (χ0v) is 17.5. The van der Waals surface area contributed by atoms with Crippen LogP contribution in [0.1, 0.15) is 24.5 Å². The average Bonchev–Trinajstić information content (AvgIpc) is 2.70. The number of allylic oxidation sites excluding steroid dienone is 1. The first-order chi connectivity index (χ1) is 14.1. The summed E-state index contributed by atoms with van der Waals surface area (Å²) < 4.78 is 38.5. The molecule has 2 N–H and O–H groups in total. The summed E-state index contributed by atoms with van der Waals surface area (Å²) in [6.45, 7) is 8.04. The summed E-state index contributed by atoms with van der Waals surface area (Å²) in [5, 5.41) is 18.0. The molecule has 0 aromatic heterocycles. The number of halogens is 3. The van der Waals surface area contributed by atoms with Crippen LogP contribution < -0.4 is 5.32 Å².